The first kappa shape index (κ1) is 13.6. The molecule has 3 heteroatoms. The van der Waals surface area contributed by atoms with E-state index in [4.69, 9.17) is 5.11 Å². The van der Waals surface area contributed by atoms with E-state index in [0.29, 0.717) is 5.57 Å². The second-order valence-electron chi connectivity index (χ2n) is 6.72. The van der Waals surface area contributed by atoms with Crippen LogP contribution in [0.4, 0.5) is 0 Å². The van der Waals surface area contributed by atoms with Crippen LogP contribution in [0.2, 0.25) is 0 Å². The highest BCUT2D eigenvalue weighted by Gasteiger charge is 2.51. The number of fused-ring (bicyclic) bond motifs is 1. The fourth-order valence-electron chi connectivity index (χ4n) is 4.18. The van der Waals surface area contributed by atoms with Gasteiger partial charge in [-0.3, -0.25) is 0 Å². The fourth-order valence-corrected chi connectivity index (χ4v) is 4.18. The number of carboxylic acid groups (broad SMARTS) is 1. The SMILES string of the molecule is C=C(C(=O)O)[C@@H]1CC[C@@]2(C)CCC[C@](C)(O)C2C1. The van der Waals surface area contributed by atoms with Crippen LogP contribution in [0.15, 0.2) is 12.2 Å². The molecular weight excluding hydrogens is 228 g/mol. The van der Waals surface area contributed by atoms with Crippen molar-refractivity contribution < 1.29 is 15.0 Å². The zero-order chi connectivity index (χ0) is 13.6. The number of aliphatic carboxylic acids is 1. The summed E-state index contributed by atoms with van der Waals surface area (Å²) in [5.74, 6) is -0.655. The lowest BCUT2D eigenvalue weighted by Gasteiger charge is -2.54. The molecule has 4 atom stereocenters. The maximum Gasteiger partial charge on any atom is 0.331 e. The second kappa shape index (κ2) is 4.37. The average molecular weight is 252 g/mol. The summed E-state index contributed by atoms with van der Waals surface area (Å²) in [6, 6.07) is 0. The van der Waals surface area contributed by atoms with E-state index in [1.165, 1.54) is 0 Å². The predicted molar refractivity (Wildman–Crippen MR) is 70.2 cm³/mol. The number of carbonyl (C=O) groups is 1. The third-order valence-corrected chi connectivity index (χ3v) is 5.37. The highest BCUT2D eigenvalue weighted by molar-refractivity contribution is 5.86. The van der Waals surface area contributed by atoms with Crippen LogP contribution in [-0.2, 0) is 4.79 Å². The Morgan fingerprint density at radius 2 is 1.94 bits per heavy atom. The Kier molecular flexibility index (Phi) is 3.30. The summed E-state index contributed by atoms with van der Waals surface area (Å²) in [5.41, 5.74) is -0.153. The number of carboxylic acids is 1. The summed E-state index contributed by atoms with van der Waals surface area (Å²) in [6.07, 6.45) is 5.73. The van der Waals surface area contributed by atoms with Gasteiger partial charge < -0.3 is 10.2 Å². The minimum absolute atomic E-state index is 0.0325. The van der Waals surface area contributed by atoms with Gasteiger partial charge in [-0.2, -0.15) is 0 Å². The van der Waals surface area contributed by atoms with E-state index < -0.39 is 11.6 Å². The van der Waals surface area contributed by atoms with Crippen molar-refractivity contribution in [1.29, 1.82) is 0 Å². The van der Waals surface area contributed by atoms with Gasteiger partial charge in [-0.05, 0) is 56.3 Å². The van der Waals surface area contributed by atoms with Crippen molar-refractivity contribution in [3.05, 3.63) is 12.2 Å². The molecule has 0 aromatic heterocycles. The van der Waals surface area contributed by atoms with Gasteiger partial charge >= 0.3 is 5.97 Å². The summed E-state index contributed by atoms with van der Waals surface area (Å²) < 4.78 is 0. The molecule has 0 aromatic carbocycles. The Labute approximate surface area is 109 Å². The van der Waals surface area contributed by atoms with Crippen molar-refractivity contribution in [1.82, 2.24) is 0 Å². The Bertz CT molecular complexity index is 372. The molecule has 0 spiro atoms. The third kappa shape index (κ3) is 2.20. The molecule has 0 amide bonds. The largest absolute Gasteiger partial charge is 0.478 e. The van der Waals surface area contributed by atoms with Crippen LogP contribution >= 0.6 is 0 Å². The smallest absolute Gasteiger partial charge is 0.331 e. The first-order valence-corrected chi connectivity index (χ1v) is 6.91. The summed E-state index contributed by atoms with van der Waals surface area (Å²) in [6.45, 7) is 7.88. The molecule has 18 heavy (non-hydrogen) atoms. The fraction of sp³-hybridized carbons (Fsp3) is 0.800. The zero-order valence-corrected chi connectivity index (χ0v) is 11.4. The normalized spacial score (nSPS) is 44.2. The van der Waals surface area contributed by atoms with Crippen LogP contribution in [0.3, 0.4) is 0 Å². The lowest BCUT2D eigenvalue weighted by atomic mass is 9.53. The highest BCUT2D eigenvalue weighted by Crippen LogP contribution is 2.56. The zero-order valence-electron chi connectivity index (χ0n) is 11.4. The van der Waals surface area contributed by atoms with E-state index in [2.05, 4.69) is 13.5 Å². The molecule has 2 aliphatic rings. The molecule has 0 bridgehead atoms. The highest BCUT2D eigenvalue weighted by atomic mass is 16.4. The van der Waals surface area contributed by atoms with Gasteiger partial charge in [-0.25, -0.2) is 4.79 Å². The van der Waals surface area contributed by atoms with Gasteiger partial charge in [0.1, 0.15) is 0 Å². The van der Waals surface area contributed by atoms with Crippen molar-refractivity contribution in [2.75, 3.05) is 0 Å². The van der Waals surface area contributed by atoms with Crippen LogP contribution in [0.25, 0.3) is 0 Å². The molecule has 102 valence electrons. The molecule has 0 aromatic rings. The molecule has 0 aliphatic heterocycles. The molecule has 3 nitrogen and oxygen atoms in total. The molecule has 0 heterocycles. The topological polar surface area (TPSA) is 57.5 Å². The Morgan fingerprint density at radius 3 is 2.56 bits per heavy atom. The van der Waals surface area contributed by atoms with E-state index in [1.54, 1.807) is 0 Å². The number of hydrogen-bond acceptors (Lipinski definition) is 2. The minimum Gasteiger partial charge on any atom is -0.478 e. The van der Waals surface area contributed by atoms with Crippen molar-refractivity contribution in [2.45, 2.75) is 58.0 Å². The molecule has 0 saturated heterocycles. The Morgan fingerprint density at radius 1 is 1.28 bits per heavy atom. The van der Waals surface area contributed by atoms with Crippen LogP contribution in [0.1, 0.15) is 52.4 Å². The van der Waals surface area contributed by atoms with Gasteiger partial charge in [0.25, 0.3) is 0 Å². The molecule has 2 saturated carbocycles. The van der Waals surface area contributed by atoms with Gasteiger partial charge in [0, 0.05) is 5.57 Å². The lowest BCUT2D eigenvalue weighted by Crippen LogP contribution is -2.51. The van der Waals surface area contributed by atoms with Crippen LogP contribution in [0.5, 0.6) is 0 Å². The summed E-state index contributed by atoms with van der Waals surface area (Å²) in [5, 5.41) is 19.7. The van der Waals surface area contributed by atoms with Gasteiger partial charge in [-0.1, -0.05) is 19.9 Å². The van der Waals surface area contributed by atoms with Crippen molar-refractivity contribution in [3.63, 3.8) is 0 Å². The lowest BCUT2D eigenvalue weighted by molar-refractivity contribution is -0.137. The van der Waals surface area contributed by atoms with E-state index in [9.17, 15) is 9.90 Å². The summed E-state index contributed by atoms with van der Waals surface area (Å²) in [4.78, 5) is 11.0. The van der Waals surface area contributed by atoms with E-state index in [0.717, 1.165) is 38.5 Å². The van der Waals surface area contributed by atoms with E-state index in [1.807, 2.05) is 6.92 Å². The summed E-state index contributed by atoms with van der Waals surface area (Å²) in [7, 11) is 0. The quantitative estimate of drug-likeness (QED) is 0.743. The molecule has 1 unspecified atom stereocenters. The Balaban J connectivity index is 2.19. The maximum atomic E-state index is 11.0. The first-order valence-electron chi connectivity index (χ1n) is 6.91. The average Bonchev–Trinajstić information content (AvgIpc) is 2.27. The van der Waals surface area contributed by atoms with Crippen molar-refractivity contribution >= 4 is 5.97 Å². The number of rotatable bonds is 2. The molecular formula is C15H24O3. The van der Waals surface area contributed by atoms with Gasteiger partial charge in [0.2, 0.25) is 0 Å². The first-order chi connectivity index (χ1) is 8.26. The molecule has 2 rings (SSSR count). The van der Waals surface area contributed by atoms with Gasteiger partial charge in [0.05, 0.1) is 5.60 Å². The minimum atomic E-state index is -0.890. The number of aliphatic hydroxyl groups is 1. The van der Waals surface area contributed by atoms with E-state index >= 15 is 0 Å². The molecule has 2 N–H and O–H groups in total. The molecule has 2 aliphatic carbocycles. The number of hydrogen-bond donors (Lipinski definition) is 2. The predicted octanol–water partition coefficient (Wildman–Crippen LogP) is 2.98. The van der Waals surface area contributed by atoms with Crippen LogP contribution in [-0.4, -0.2) is 21.8 Å². The standard InChI is InChI=1S/C15H24O3/c1-10(13(16)17)11-5-8-14(2)6-4-7-15(3,18)12(14)9-11/h11-12,18H,1,4-9H2,2-3H3,(H,16,17)/t11-,12?,14-,15+/m1/s1. The Hall–Kier alpha value is -0.830. The summed E-state index contributed by atoms with van der Waals surface area (Å²) >= 11 is 0. The molecule has 0 radical (unpaired) electrons. The maximum absolute atomic E-state index is 11.0. The third-order valence-electron chi connectivity index (χ3n) is 5.37. The van der Waals surface area contributed by atoms with Crippen LogP contribution < -0.4 is 0 Å². The van der Waals surface area contributed by atoms with Gasteiger partial charge in [-0.15, -0.1) is 0 Å². The molecule has 2 fully saturated rings. The van der Waals surface area contributed by atoms with Crippen molar-refractivity contribution in [3.8, 4) is 0 Å². The van der Waals surface area contributed by atoms with Crippen LogP contribution in [0, 0.1) is 17.3 Å². The van der Waals surface area contributed by atoms with Crippen molar-refractivity contribution in [2.24, 2.45) is 17.3 Å². The van der Waals surface area contributed by atoms with Gasteiger partial charge in [0.15, 0.2) is 0 Å². The van der Waals surface area contributed by atoms with E-state index in [-0.39, 0.29) is 17.3 Å². The second-order valence-corrected chi connectivity index (χ2v) is 6.72. The monoisotopic (exact) mass is 252 g/mol.